The number of aliphatic hydroxyl groups is 1. The zero-order valence-electron chi connectivity index (χ0n) is 7.99. The lowest BCUT2D eigenvalue weighted by Gasteiger charge is -2.03. The van der Waals surface area contributed by atoms with Gasteiger partial charge in [0.1, 0.15) is 6.61 Å². The van der Waals surface area contributed by atoms with Crippen molar-refractivity contribution in [3.05, 3.63) is 29.8 Å². The summed E-state index contributed by atoms with van der Waals surface area (Å²) in [7, 11) is 0. The third-order valence-electron chi connectivity index (χ3n) is 1.79. The van der Waals surface area contributed by atoms with E-state index in [0.29, 0.717) is 6.54 Å². The Labute approximate surface area is 87.5 Å². The highest BCUT2D eigenvalue weighted by Gasteiger charge is 1.98. The molecule has 76 valence electrons. The molecule has 0 saturated heterocycles. The van der Waals surface area contributed by atoms with E-state index < -0.39 is 6.61 Å². The molecule has 0 saturated carbocycles. The van der Waals surface area contributed by atoms with Gasteiger partial charge in [-0.25, -0.2) is 0 Å². The fourth-order valence-corrected chi connectivity index (χ4v) is 1.41. The zero-order chi connectivity index (χ0) is 10.4. The number of carbonyl (C=O) groups excluding carboxylic acids is 1. The van der Waals surface area contributed by atoms with Crippen LogP contribution in [0, 0.1) is 0 Å². The molecular formula is C10H13NO2S. The Morgan fingerprint density at radius 3 is 2.57 bits per heavy atom. The van der Waals surface area contributed by atoms with Crippen LogP contribution in [0.3, 0.4) is 0 Å². The van der Waals surface area contributed by atoms with E-state index in [-0.39, 0.29) is 5.91 Å². The van der Waals surface area contributed by atoms with Gasteiger partial charge in [0, 0.05) is 11.4 Å². The molecule has 0 bridgehead atoms. The van der Waals surface area contributed by atoms with Crippen LogP contribution in [0.15, 0.2) is 29.2 Å². The summed E-state index contributed by atoms with van der Waals surface area (Å²) in [4.78, 5) is 11.9. The molecule has 3 nitrogen and oxygen atoms in total. The summed E-state index contributed by atoms with van der Waals surface area (Å²) in [6, 6.07) is 7.93. The van der Waals surface area contributed by atoms with Crippen LogP contribution in [0.1, 0.15) is 5.56 Å². The van der Waals surface area contributed by atoms with Crippen molar-refractivity contribution in [1.82, 2.24) is 5.32 Å². The van der Waals surface area contributed by atoms with Crippen LogP contribution < -0.4 is 5.32 Å². The zero-order valence-corrected chi connectivity index (χ0v) is 8.80. The monoisotopic (exact) mass is 211 g/mol. The van der Waals surface area contributed by atoms with Gasteiger partial charge in [-0.2, -0.15) is 0 Å². The minimum Gasteiger partial charge on any atom is -0.387 e. The van der Waals surface area contributed by atoms with Gasteiger partial charge in [-0.1, -0.05) is 12.1 Å². The van der Waals surface area contributed by atoms with Crippen LogP contribution in [0.5, 0.6) is 0 Å². The lowest BCUT2D eigenvalue weighted by molar-refractivity contribution is -0.123. The van der Waals surface area contributed by atoms with Crippen molar-refractivity contribution in [3.63, 3.8) is 0 Å². The van der Waals surface area contributed by atoms with Crippen LogP contribution in [-0.2, 0) is 11.3 Å². The average molecular weight is 211 g/mol. The molecule has 0 atom stereocenters. The maximum Gasteiger partial charge on any atom is 0.245 e. The summed E-state index contributed by atoms with van der Waals surface area (Å²) in [6.07, 6.45) is 2.02. The minimum absolute atomic E-state index is 0.348. The Bertz CT molecular complexity index is 297. The molecule has 1 amide bonds. The van der Waals surface area contributed by atoms with E-state index >= 15 is 0 Å². The summed E-state index contributed by atoms with van der Waals surface area (Å²) < 4.78 is 0. The molecule has 0 unspecified atom stereocenters. The molecule has 0 fully saturated rings. The third-order valence-corrected chi connectivity index (χ3v) is 2.54. The lowest BCUT2D eigenvalue weighted by Crippen LogP contribution is -2.25. The molecular weight excluding hydrogens is 198 g/mol. The molecule has 14 heavy (non-hydrogen) atoms. The van der Waals surface area contributed by atoms with Gasteiger partial charge in [0.25, 0.3) is 0 Å². The quantitative estimate of drug-likeness (QED) is 0.731. The van der Waals surface area contributed by atoms with Crippen LogP contribution >= 0.6 is 11.8 Å². The molecule has 4 heteroatoms. The number of rotatable bonds is 4. The van der Waals surface area contributed by atoms with Crippen molar-refractivity contribution in [2.45, 2.75) is 11.4 Å². The second-order valence-corrected chi connectivity index (χ2v) is 3.66. The Balaban J connectivity index is 2.47. The van der Waals surface area contributed by atoms with E-state index in [1.54, 1.807) is 11.8 Å². The topological polar surface area (TPSA) is 49.3 Å². The molecule has 1 aromatic carbocycles. The molecule has 0 aliphatic carbocycles. The Hall–Kier alpha value is -1.00. The van der Waals surface area contributed by atoms with Gasteiger partial charge in [-0.3, -0.25) is 4.79 Å². The lowest BCUT2D eigenvalue weighted by atomic mass is 10.2. The van der Waals surface area contributed by atoms with Gasteiger partial charge in [-0.15, -0.1) is 11.8 Å². The summed E-state index contributed by atoms with van der Waals surface area (Å²) in [6.45, 7) is 0.0109. The number of hydrogen-bond donors (Lipinski definition) is 2. The number of aliphatic hydroxyl groups excluding tert-OH is 1. The summed E-state index contributed by atoms with van der Waals surface area (Å²) >= 11 is 1.68. The molecule has 2 N–H and O–H groups in total. The second-order valence-electron chi connectivity index (χ2n) is 2.78. The Kier molecular flexibility index (Phi) is 4.49. The van der Waals surface area contributed by atoms with E-state index in [1.807, 2.05) is 30.5 Å². The highest BCUT2D eigenvalue weighted by molar-refractivity contribution is 7.98. The predicted molar refractivity (Wildman–Crippen MR) is 57.2 cm³/mol. The first-order chi connectivity index (χ1) is 6.76. The van der Waals surface area contributed by atoms with Crippen molar-refractivity contribution in [3.8, 4) is 0 Å². The summed E-state index contributed by atoms with van der Waals surface area (Å²) in [5, 5.41) is 11.1. The summed E-state index contributed by atoms with van der Waals surface area (Å²) in [5.41, 5.74) is 1.03. The van der Waals surface area contributed by atoms with Gasteiger partial charge >= 0.3 is 0 Å². The molecule has 0 radical (unpaired) electrons. The normalized spacial score (nSPS) is 9.86. The largest absolute Gasteiger partial charge is 0.387 e. The number of nitrogens with one attached hydrogen (secondary N) is 1. The van der Waals surface area contributed by atoms with Crippen molar-refractivity contribution in [2.24, 2.45) is 0 Å². The first kappa shape index (κ1) is 11.1. The Morgan fingerprint density at radius 1 is 1.43 bits per heavy atom. The van der Waals surface area contributed by atoms with E-state index in [2.05, 4.69) is 5.32 Å². The highest BCUT2D eigenvalue weighted by Crippen LogP contribution is 2.14. The van der Waals surface area contributed by atoms with Crippen LogP contribution in [0.4, 0.5) is 0 Å². The second kappa shape index (κ2) is 5.67. The SMILES string of the molecule is CSc1ccc(CNC(=O)CO)cc1. The van der Waals surface area contributed by atoms with Crippen LogP contribution in [-0.4, -0.2) is 23.9 Å². The molecule has 1 aromatic rings. The first-order valence-corrected chi connectivity index (χ1v) is 5.49. The molecule has 0 aliphatic heterocycles. The van der Waals surface area contributed by atoms with Crippen LogP contribution in [0.2, 0.25) is 0 Å². The minimum atomic E-state index is -0.455. The third kappa shape index (κ3) is 3.40. The predicted octanol–water partition coefficient (Wildman–Crippen LogP) is 1.02. The maximum atomic E-state index is 10.7. The number of thioether (sulfide) groups is 1. The van der Waals surface area contributed by atoms with Gasteiger partial charge < -0.3 is 10.4 Å². The van der Waals surface area contributed by atoms with Gasteiger partial charge in [0.2, 0.25) is 5.91 Å². The fourth-order valence-electron chi connectivity index (χ4n) is 1.000. The van der Waals surface area contributed by atoms with Crippen molar-refractivity contribution < 1.29 is 9.90 Å². The maximum absolute atomic E-state index is 10.7. The van der Waals surface area contributed by atoms with Gasteiger partial charge in [0.15, 0.2) is 0 Å². The molecule has 0 aromatic heterocycles. The van der Waals surface area contributed by atoms with E-state index in [9.17, 15) is 4.79 Å². The number of benzene rings is 1. The smallest absolute Gasteiger partial charge is 0.245 e. The van der Waals surface area contributed by atoms with E-state index in [0.717, 1.165) is 5.56 Å². The van der Waals surface area contributed by atoms with Gasteiger partial charge in [-0.05, 0) is 24.0 Å². The van der Waals surface area contributed by atoms with Crippen molar-refractivity contribution in [1.29, 1.82) is 0 Å². The molecule has 0 aliphatic rings. The molecule has 1 rings (SSSR count). The molecule has 0 spiro atoms. The molecule has 0 heterocycles. The van der Waals surface area contributed by atoms with Gasteiger partial charge in [0.05, 0.1) is 0 Å². The van der Waals surface area contributed by atoms with Crippen molar-refractivity contribution in [2.75, 3.05) is 12.9 Å². The average Bonchev–Trinajstić information content (AvgIpc) is 2.26. The number of carbonyl (C=O) groups is 1. The van der Waals surface area contributed by atoms with Crippen LogP contribution in [0.25, 0.3) is 0 Å². The summed E-state index contributed by atoms with van der Waals surface area (Å²) in [5.74, 6) is -0.348. The fraction of sp³-hybridized carbons (Fsp3) is 0.300. The van der Waals surface area contributed by atoms with E-state index in [4.69, 9.17) is 5.11 Å². The number of amides is 1. The standard InChI is InChI=1S/C10H13NO2S/c1-14-9-4-2-8(3-5-9)6-11-10(13)7-12/h2-5,12H,6-7H2,1H3,(H,11,13). The van der Waals surface area contributed by atoms with Crippen molar-refractivity contribution >= 4 is 17.7 Å². The van der Waals surface area contributed by atoms with E-state index in [1.165, 1.54) is 4.90 Å². The number of hydrogen-bond acceptors (Lipinski definition) is 3. The highest BCUT2D eigenvalue weighted by atomic mass is 32.2. The Morgan fingerprint density at radius 2 is 2.07 bits per heavy atom. The first-order valence-electron chi connectivity index (χ1n) is 4.26.